The summed E-state index contributed by atoms with van der Waals surface area (Å²) in [6, 6.07) is 0. The van der Waals surface area contributed by atoms with Crippen molar-refractivity contribution in [1.29, 1.82) is 0 Å². The van der Waals surface area contributed by atoms with Gasteiger partial charge in [-0.25, -0.2) is 0 Å². The first-order valence-corrected chi connectivity index (χ1v) is 6.38. The van der Waals surface area contributed by atoms with E-state index < -0.39 is 11.5 Å². The van der Waals surface area contributed by atoms with Crippen molar-refractivity contribution in [3.8, 4) is 0 Å². The smallest absolute Gasteiger partial charge is 0.305 e. The molecule has 0 radical (unpaired) electrons. The van der Waals surface area contributed by atoms with Crippen molar-refractivity contribution in [2.24, 2.45) is 5.92 Å². The first-order valence-electron chi connectivity index (χ1n) is 6.38. The highest BCUT2D eigenvalue weighted by Gasteiger charge is 2.37. The zero-order chi connectivity index (χ0) is 13.0. The van der Waals surface area contributed by atoms with E-state index in [1.165, 1.54) is 0 Å². The van der Waals surface area contributed by atoms with Crippen molar-refractivity contribution in [1.82, 2.24) is 5.32 Å². The van der Waals surface area contributed by atoms with Crippen molar-refractivity contribution in [2.45, 2.75) is 37.6 Å². The summed E-state index contributed by atoms with van der Waals surface area (Å²) in [7, 11) is 0. The Morgan fingerprint density at radius 3 is 2.44 bits per heavy atom. The van der Waals surface area contributed by atoms with Gasteiger partial charge in [-0.2, -0.15) is 0 Å². The van der Waals surface area contributed by atoms with Crippen molar-refractivity contribution in [3.05, 3.63) is 12.2 Å². The molecule has 1 heterocycles. The van der Waals surface area contributed by atoms with Crippen LogP contribution in [0.2, 0.25) is 0 Å². The number of hydrogen-bond donors (Lipinski definition) is 2. The monoisotopic (exact) mass is 253 g/mol. The number of carboxylic acid groups (broad SMARTS) is 1. The van der Waals surface area contributed by atoms with E-state index >= 15 is 0 Å². The SMILES string of the molecule is O=C(O)CC1(NC(=O)C2CC=CC2)CCOCC1. The normalized spacial score (nSPS) is 22.9. The van der Waals surface area contributed by atoms with Gasteiger partial charge < -0.3 is 15.2 Å². The van der Waals surface area contributed by atoms with E-state index in [9.17, 15) is 9.59 Å². The molecule has 0 aromatic heterocycles. The Kier molecular flexibility index (Phi) is 4.01. The van der Waals surface area contributed by atoms with E-state index in [4.69, 9.17) is 9.84 Å². The third kappa shape index (κ3) is 3.10. The van der Waals surface area contributed by atoms with Gasteiger partial charge in [0.1, 0.15) is 0 Å². The second kappa shape index (κ2) is 5.52. The first kappa shape index (κ1) is 13.1. The number of hydrogen-bond acceptors (Lipinski definition) is 3. The lowest BCUT2D eigenvalue weighted by atomic mass is 9.85. The van der Waals surface area contributed by atoms with Crippen LogP contribution >= 0.6 is 0 Å². The van der Waals surface area contributed by atoms with Gasteiger partial charge in [-0.3, -0.25) is 9.59 Å². The Morgan fingerprint density at radius 1 is 1.28 bits per heavy atom. The molecule has 0 aromatic rings. The predicted molar refractivity (Wildman–Crippen MR) is 65.0 cm³/mol. The molecular weight excluding hydrogens is 234 g/mol. The number of rotatable bonds is 4. The molecule has 5 heteroatoms. The number of carboxylic acids is 1. The fraction of sp³-hybridized carbons (Fsp3) is 0.692. The number of allylic oxidation sites excluding steroid dienone is 2. The molecule has 2 rings (SSSR count). The number of carbonyl (C=O) groups is 2. The highest BCUT2D eigenvalue weighted by atomic mass is 16.5. The van der Waals surface area contributed by atoms with Crippen LogP contribution in [0.15, 0.2) is 12.2 Å². The van der Waals surface area contributed by atoms with Crippen molar-refractivity contribution >= 4 is 11.9 Å². The topological polar surface area (TPSA) is 75.6 Å². The summed E-state index contributed by atoms with van der Waals surface area (Å²) in [5, 5.41) is 12.0. The molecule has 2 N–H and O–H groups in total. The minimum atomic E-state index is -0.873. The molecule has 5 nitrogen and oxygen atoms in total. The van der Waals surface area contributed by atoms with Crippen LogP contribution in [0.3, 0.4) is 0 Å². The molecule has 2 aliphatic rings. The molecule has 0 aromatic carbocycles. The number of aliphatic carboxylic acids is 1. The number of carbonyl (C=O) groups excluding carboxylic acids is 1. The molecule has 1 fully saturated rings. The number of amides is 1. The largest absolute Gasteiger partial charge is 0.481 e. The van der Waals surface area contributed by atoms with Crippen LogP contribution in [0.4, 0.5) is 0 Å². The quantitative estimate of drug-likeness (QED) is 0.735. The molecule has 0 atom stereocenters. The van der Waals surface area contributed by atoms with E-state index in [0.29, 0.717) is 26.1 Å². The summed E-state index contributed by atoms with van der Waals surface area (Å²) >= 11 is 0. The maximum absolute atomic E-state index is 12.1. The Morgan fingerprint density at radius 2 is 1.89 bits per heavy atom. The molecule has 18 heavy (non-hydrogen) atoms. The maximum Gasteiger partial charge on any atom is 0.305 e. The predicted octanol–water partition coefficient (Wildman–Crippen LogP) is 1.09. The Balaban J connectivity index is 1.99. The van der Waals surface area contributed by atoms with Crippen LogP contribution in [-0.4, -0.2) is 35.7 Å². The number of nitrogens with one attached hydrogen (secondary N) is 1. The van der Waals surface area contributed by atoms with Crippen LogP contribution in [0.1, 0.15) is 32.1 Å². The summed E-state index contributed by atoms with van der Waals surface area (Å²) in [5.74, 6) is -0.927. The lowest BCUT2D eigenvalue weighted by molar-refractivity contribution is -0.141. The van der Waals surface area contributed by atoms with Gasteiger partial charge in [0.05, 0.1) is 12.0 Å². The summed E-state index contributed by atoms with van der Waals surface area (Å²) < 4.78 is 5.26. The van der Waals surface area contributed by atoms with Gasteiger partial charge in [0.2, 0.25) is 5.91 Å². The minimum absolute atomic E-state index is 0.0249. The van der Waals surface area contributed by atoms with E-state index in [1.54, 1.807) is 0 Å². The van der Waals surface area contributed by atoms with Crippen LogP contribution in [0.5, 0.6) is 0 Å². The average molecular weight is 253 g/mol. The Labute approximate surface area is 106 Å². The fourth-order valence-electron chi connectivity index (χ4n) is 2.59. The van der Waals surface area contributed by atoms with Gasteiger partial charge in [0.25, 0.3) is 0 Å². The third-order valence-corrected chi connectivity index (χ3v) is 3.71. The van der Waals surface area contributed by atoms with Gasteiger partial charge in [-0.15, -0.1) is 0 Å². The molecule has 0 saturated carbocycles. The van der Waals surface area contributed by atoms with Crippen molar-refractivity contribution in [3.63, 3.8) is 0 Å². The van der Waals surface area contributed by atoms with Gasteiger partial charge >= 0.3 is 5.97 Å². The summed E-state index contributed by atoms with van der Waals surface area (Å²) in [6.07, 6.45) is 6.63. The third-order valence-electron chi connectivity index (χ3n) is 3.71. The van der Waals surface area contributed by atoms with Gasteiger partial charge in [0.15, 0.2) is 0 Å². The standard InChI is InChI=1S/C13H19NO4/c15-11(16)9-13(5-7-18-8-6-13)14-12(17)10-3-1-2-4-10/h1-2,10H,3-9H2,(H,14,17)(H,15,16). The lowest BCUT2D eigenvalue weighted by Crippen LogP contribution is -2.54. The molecule has 1 aliphatic carbocycles. The summed E-state index contributed by atoms with van der Waals surface area (Å²) in [6.45, 7) is 1.02. The van der Waals surface area contributed by atoms with Crippen molar-refractivity contribution in [2.75, 3.05) is 13.2 Å². The van der Waals surface area contributed by atoms with Gasteiger partial charge in [-0.05, 0) is 25.7 Å². The minimum Gasteiger partial charge on any atom is -0.481 e. The second-order valence-corrected chi connectivity index (χ2v) is 5.09. The summed E-state index contributed by atoms with van der Waals surface area (Å²) in [4.78, 5) is 23.1. The van der Waals surface area contributed by atoms with Crippen LogP contribution < -0.4 is 5.32 Å². The van der Waals surface area contributed by atoms with Crippen LogP contribution in [-0.2, 0) is 14.3 Å². The molecule has 0 unspecified atom stereocenters. The number of ether oxygens (including phenoxy) is 1. The Bertz CT molecular complexity index is 350. The highest BCUT2D eigenvalue weighted by molar-refractivity contribution is 5.81. The second-order valence-electron chi connectivity index (χ2n) is 5.09. The Hall–Kier alpha value is -1.36. The van der Waals surface area contributed by atoms with Crippen LogP contribution in [0, 0.1) is 5.92 Å². The molecular formula is C13H19NO4. The average Bonchev–Trinajstić information content (AvgIpc) is 2.82. The van der Waals surface area contributed by atoms with E-state index in [0.717, 1.165) is 12.8 Å². The molecule has 1 saturated heterocycles. The zero-order valence-electron chi connectivity index (χ0n) is 10.4. The van der Waals surface area contributed by atoms with Gasteiger partial charge in [-0.1, -0.05) is 12.2 Å². The molecule has 1 amide bonds. The lowest BCUT2D eigenvalue weighted by Gasteiger charge is -2.37. The van der Waals surface area contributed by atoms with Crippen molar-refractivity contribution < 1.29 is 19.4 Å². The molecule has 0 bridgehead atoms. The zero-order valence-corrected chi connectivity index (χ0v) is 10.4. The maximum atomic E-state index is 12.1. The fourth-order valence-corrected chi connectivity index (χ4v) is 2.59. The van der Waals surface area contributed by atoms with E-state index in [-0.39, 0.29) is 18.2 Å². The van der Waals surface area contributed by atoms with Gasteiger partial charge in [0, 0.05) is 19.1 Å². The van der Waals surface area contributed by atoms with E-state index in [2.05, 4.69) is 5.32 Å². The molecule has 0 spiro atoms. The van der Waals surface area contributed by atoms with Crippen LogP contribution in [0.25, 0.3) is 0 Å². The summed E-state index contributed by atoms with van der Waals surface area (Å²) in [5.41, 5.74) is -0.621. The van der Waals surface area contributed by atoms with E-state index in [1.807, 2.05) is 12.2 Å². The highest BCUT2D eigenvalue weighted by Crippen LogP contribution is 2.27. The molecule has 100 valence electrons. The molecule has 1 aliphatic heterocycles. The first-order chi connectivity index (χ1) is 8.61.